The number of halogens is 1. The van der Waals surface area contributed by atoms with Gasteiger partial charge in [-0.05, 0) is 0 Å². The van der Waals surface area contributed by atoms with Crippen molar-refractivity contribution in [1.82, 2.24) is 10.3 Å². The topological polar surface area (TPSA) is 24.9 Å². The first-order valence-corrected chi connectivity index (χ1v) is 5.64. The predicted molar refractivity (Wildman–Crippen MR) is 56.4 cm³/mol. The van der Waals surface area contributed by atoms with Crippen molar-refractivity contribution in [1.29, 1.82) is 0 Å². The number of aromatic nitrogens is 1. The van der Waals surface area contributed by atoms with Crippen LogP contribution >= 0.6 is 22.9 Å². The molecule has 4 heteroatoms. The normalized spacial score (nSPS) is 22.8. The van der Waals surface area contributed by atoms with E-state index in [-0.39, 0.29) is 5.38 Å². The SMILES string of the molecule is ClC1C=C(Cc2cscn2)CNC1. The lowest BCUT2D eigenvalue weighted by Gasteiger charge is -2.17. The van der Waals surface area contributed by atoms with Gasteiger partial charge in [0.25, 0.3) is 0 Å². The van der Waals surface area contributed by atoms with Crippen LogP contribution in [-0.2, 0) is 6.42 Å². The molecule has 1 N–H and O–H groups in total. The third-order valence-corrected chi connectivity index (χ3v) is 2.92. The molecule has 0 aliphatic carbocycles. The summed E-state index contributed by atoms with van der Waals surface area (Å²) < 4.78 is 0. The zero-order valence-corrected chi connectivity index (χ0v) is 8.74. The highest BCUT2D eigenvalue weighted by Gasteiger charge is 2.10. The van der Waals surface area contributed by atoms with E-state index in [1.807, 2.05) is 5.51 Å². The van der Waals surface area contributed by atoms with Crippen LogP contribution < -0.4 is 5.32 Å². The Morgan fingerprint density at radius 2 is 2.62 bits per heavy atom. The summed E-state index contributed by atoms with van der Waals surface area (Å²) in [4.78, 5) is 4.24. The van der Waals surface area contributed by atoms with Crippen molar-refractivity contribution in [2.24, 2.45) is 0 Å². The smallest absolute Gasteiger partial charge is 0.0794 e. The third kappa shape index (κ3) is 2.53. The first kappa shape index (κ1) is 9.19. The van der Waals surface area contributed by atoms with E-state index in [2.05, 4.69) is 21.8 Å². The van der Waals surface area contributed by atoms with Gasteiger partial charge in [0.15, 0.2) is 0 Å². The summed E-state index contributed by atoms with van der Waals surface area (Å²) in [6.07, 6.45) is 3.07. The Morgan fingerprint density at radius 1 is 1.69 bits per heavy atom. The van der Waals surface area contributed by atoms with Gasteiger partial charge >= 0.3 is 0 Å². The summed E-state index contributed by atoms with van der Waals surface area (Å²) in [5.74, 6) is 0. The standard InChI is InChI=1S/C9H11ClN2S/c10-8-1-7(3-11-4-8)2-9-5-13-6-12-9/h1,5-6,8,11H,2-4H2. The second-order valence-corrected chi connectivity index (χ2v) is 4.41. The minimum absolute atomic E-state index is 0.141. The van der Waals surface area contributed by atoms with Crippen molar-refractivity contribution in [3.8, 4) is 0 Å². The summed E-state index contributed by atoms with van der Waals surface area (Å²) in [5.41, 5.74) is 4.35. The molecule has 1 aliphatic heterocycles. The van der Waals surface area contributed by atoms with Gasteiger partial charge in [-0.2, -0.15) is 0 Å². The van der Waals surface area contributed by atoms with Crippen LogP contribution in [-0.4, -0.2) is 23.5 Å². The first-order valence-electron chi connectivity index (χ1n) is 4.26. The molecule has 0 saturated heterocycles. The number of rotatable bonds is 2. The van der Waals surface area contributed by atoms with E-state index >= 15 is 0 Å². The van der Waals surface area contributed by atoms with E-state index < -0.39 is 0 Å². The molecule has 2 rings (SSSR count). The molecule has 1 aliphatic rings. The molecule has 2 heterocycles. The van der Waals surface area contributed by atoms with Crippen LogP contribution in [0.4, 0.5) is 0 Å². The molecule has 1 aromatic rings. The molecule has 0 aromatic carbocycles. The number of thiazole rings is 1. The van der Waals surface area contributed by atoms with Crippen LogP contribution in [0.2, 0.25) is 0 Å². The fourth-order valence-corrected chi connectivity index (χ4v) is 2.27. The molecular weight excluding hydrogens is 204 g/mol. The molecular formula is C9H11ClN2S. The number of hydrogen-bond acceptors (Lipinski definition) is 3. The first-order chi connectivity index (χ1) is 6.34. The van der Waals surface area contributed by atoms with Crippen LogP contribution in [0.25, 0.3) is 0 Å². The van der Waals surface area contributed by atoms with E-state index in [4.69, 9.17) is 11.6 Å². The van der Waals surface area contributed by atoms with Crippen LogP contribution in [0.3, 0.4) is 0 Å². The number of alkyl halides is 1. The van der Waals surface area contributed by atoms with Gasteiger partial charge in [-0.15, -0.1) is 22.9 Å². The van der Waals surface area contributed by atoms with E-state index in [0.717, 1.165) is 25.2 Å². The summed E-state index contributed by atoms with van der Waals surface area (Å²) in [7, 11) is 0. The lowest BCUT2D eigenvalue weighted by Crippen LogP contribution is -2.30. The van der Waals surface area contributed by atoms with Crippen molar-refractivity contribution >= 4 is 22.9 Å². The molecule has 70 valence electrons. The molecule has 0 spiro atoms. The van der Waals surface area contributed by atoms with Crippen molar-refractivity contribution in [3.63, 3.8) is 0 Å². The van der Waals surface area contributed by atoms with Gasteiger partial charge in [-0.3, -0.25) is 0 Å². The number of hydrogen-bond donors (Lipinski definition) is 1. The largest absolute Gasteiger partial charge is 0.311 e. The molecule has 1 atom stereocenters. The molecule has 0 radical (unpaired) electrons. The van der Waals surface area contributed by atoms with Gasteiger partial charge in [0.1, 0.15) is 0 Å². The maximum atomic E-state index is 5.99. The predicted octanol–water partition coefficient (Wildman–Crippen LogP) is 1.82. The van der Waals surface area contributed by atoms with Crippen LogP contribution in [0.15, 0.2) is 22.5 Å². The summed E-state index contributed by atoms with van der Waals surface area (Å²) in [6, 6.07) is 0. The Labute approximate surface area is 86.6 Å². The highest BCUT2D eigenvalue weighted by atomic mass is 35.5. The maximum absolute atomic E-state index is 5.99. The minimum Gasteiger partial charge on any atom is -0.311 e. The third-order valence-electron chi connectivity index (χ3n) is 2.00. The van der Waals surface area contributed by atoms with Gasteiger partial charge in [-0.1, -0.05) is 11.6 Å². The minimum atomic E-state index is 0.141. The fourth-order valence-electron chi connectivity index (χ4n) is 1.42. The van der Waals surface area contributed by atoms with Crippen LogP contribution in [0.1, 0.15) is 5.69 Å². The molecule has 0 fully saturated rings. The highest BCUT2D eigenvalue weighted by molar-refractivity contribution is 7.07. The molecule has 13 heavy (non-hydrogen) atoms. The monoisotopic (exact) mass is 214 g/mol. The van der Waals surface area contributed by atoms with Crippen molar-refractivity contribution in [2.45, 2.75) is 11.8 Å². The van der Waals surface area contributed by atoms with Gasteiger partial charge in [0.05, 0.1) is 16.6 Å². The second-order valence-electron chi connectivity index (χ2n) is 3.13. The molecule has 0 bridgehead atoms. The fraction of sp³-hybridized carbons (Fsp3) is 0.444. The Hall–Kier alpha value is -0.380. The van der Waals surface area contributed by atoms with Crippen LogP contribution in [0.5, 0.6) is 0 Å². The Balaban J connectivity index is 2.02. The maximum Gasteiger partial charge on any atom is 0.0794 e. The highest BCUT2D eigenvalue weighted by Crippen LogP contribution is 2.13. The van der Waals surface area contributed by atoms with Gasteiger partial charge in [0, 0.05) is 24.9 Å². The van der Waals surface area contributed by atoms with Crippen molar-refractivity contribution in [3.05, 3.63) is 28.2 Å². The molecule has 0 amide bonds. The Morgan fingerprint density at radius 3 is 3.31 bits per heavy atom. The van der Waals surface area contributed by atoms with Crippen molar-refractivity contribution in [2.75, 3.05) is 13.1 Å². The zero-order chi connectivity index (χ0) is 9.10. The average molecular weight is 215 g/mol. The van der Waals surface area contributed by atoms with E-state index in [9.17, 15) is 0 Å². The van der Waals surface area contributed by atoms with Gasteiger partial charge in [-0.25, -0.2) is 4.98 Å². The summed E-state index contributed by atoms with van der Waals surface area (Å²) in [5, 5.41) is 5.50. The lowest BCUT2D eigenvalue weighted by atomic mass is 10.1. The van der Waals surface area contributed by atoms with Gasteiger partial charge < -0.3 is 5.32 Å². The van der Waals surface area contributed by atoms with E-state index in [1.54, 1.807) is 11.3 Å². The number of nitrogens with zero attached hydrogens (tertiary/aromatic N) is 1. The average Bonchev–Trinajstić information content (AvgIpc) is 2.57. The summed E-state index contributed by atoms with van der Waals surface area (Å²) in [6.45, 7) is 1.82. The van der Waals surface area contributed by atoms with Crippen LogP contribution in [0, 0.1) is 0 Å². The second kappa shape index (κ2) is 4.22. The Kier molecular flexibility index (Phi) is 2.98. The number of nitrogens with one attached hydrogen (secondary N) is 1. The van der Waals surface area contributed by atoms with Gasteiger partial charge in [0.2, 0.25) is 0 Å². The Bertz CT molecular complexity index is 295. The molecule has 0 saturated carbocycles. The summed E-state index contributed by atoms with van der Waals surface area (Å²) >= 11 is 7.63. The lowest BCUT2D eigenvalue weighted by molar-refractivity contribution is 0.693. The van der Waals surface area contributed by atoms with E-state index in [0.29, 0.717) is 0 Å². The molecule has 2 nitrogen and oxygen atoms in total. The molecule has 1 aromatic heterocycles. The quantitative estimate of drug-likeness (QED) is 0.600. The van der Waals surface area contributed by atoms with E-state index in [1.165, 1.54) is 5.57 Å². The zero-order valence-electron chi connectivity index (χ0n) is 7.16. The molecule has 1 unspecified atom stereocenters. The van der Waals surface area contributed by atoms with Crippen molar-refractivity contribution < 1.29 is 0 Å².